The van der Waals surface area contributed by atoms with E-state index in [0.29, 0.717) is 6.42 Å². The number of rotatable bonds is 2. The maximum Gasteiger partial charge on any atom is 0.233 e. The molecule has 3 nitrogen and oxygen atoms in total. The van der Waals surface area contributed by atoms with Crippen molar-refractivity contribution in [3.05, 3.63) is 0 Å². The molecule has 1 heterocycles. The third kappa shape index (κ3) is 1.41. The first-order chi connectivity index (χ1) is 6.54. The number of imide groups is 1. The van der Waals surface area contributed by atoms with Crippen LogP contribution in [-0.2, 0) is 9.59 Å². The van der Waals surface area contributed by atoms with Crippen LogP contribution in [0.3, 0.4) is 0 Å². The van der Waals surface area contributed by atoms with Crippen LogP contribution in [0.5, 0.6) is 0 Å². The molecule has 3 atom stereocenters. The largest absolute Gasteiger partial charge is 0.274 e. The van der Waals surface area contributed by atoms with Crippen LogP contribution >= 0.6 is 0 Å². The molecule has 1 rings (SSSR count). The van der Waals surface area contributed by atoms with Gasteiger partial charge in [0.15, 0.2) is 0 Å². The summed E-state index contributed by atoms with van der Waals surface area (Å²) in [5.41, 5.74) is 0. The highest BCUT2D eigenvalue weighted by Gasteiger charge is 2.44. The van der Waals surface area contributed by atoms with Gasteiger partial charge in [-0.15, -0.1) is 6.42 Å². The van der Waals surface area contributed by atoms with E-state index in [1.54, 1.807) is 13.8 Å². The fraction of sp³-hybridized carbons (Fsp3) is 0.636. The van der Waals surface area contributed by atoms with Gasteiger partial charge in [0.1, 0.15) is 6.04 Å². The summed E-state index contributed by atoms with van der Waals surface area (Å²) in [4.78, 5) is 24.6. The Labute approximate surface area is 84.5 Å². The number of likely N-dealkylation sites (tertiary alicyclic amines) is 1. The quantitative estimate of drug-likeness (QED) is 0.485. The van der Waals surface area contributed by atoms with Gasteiger partial charge in [-0.25, -0.2) is 0 Å². The highest BCUT2D eigenvalue weighted by atomic mass is 16.2. The highest BCUT2D eigenvalue weighted by Crippen LogP contribution is 2.27. The summed E-state index contributed by atoms with van der Waals surface area (Å²) in [6.07, 6.45) is 5.90. The molecule has 0 aromatic rings. The standard InChI is InChI=1S/C11H15NO2/c1-5-9(6-2)12-10(13)7(3)8(4)11(12)14/h1,7-9H,6H2,2-4H3. The van der Waals surface area contributed by atoms with Gasteiger partial charge < -0.3 is 0 Å². The number of amides is 2. The lowest BCUT2D eigenvalue weighted by Gasteiger charge is -2.20. The van der Waals surface area contributed by atoms with Crippen molar-refractivity contribution in [1.82, 2.24) is 4.90 Å². The molecule has 1 saturated heterocycles. The number of hydrogen-bond donors (Lipinski definition) is 0. The van der Waals surface area contributed by atoms with Crippen LogP contribution in [0.25, 0.3) is 0 Å². The zero-order valence-electron chi connectivity index (χ0n) is 8.78. The molecule has 76 valence electrons. The first-order valence-corrected chi connectivity index (χ1v) is 4.87. The summed E-state index contributed by atoms with van der Waals surface area (Å²) in [6, 6.07) is -0.373. The predicted molar refractivity (Wildman–Crippen MR) is 53.1 cm³/mol. The van der Waals surface area contributed by atoms with E-state index >= 15 is 0 Å². The van der Waals surface area contributed by atoms with Crippen molar-refractivity contribution in [2.75, 3.05) is 0 Å². The van der Waals surface area contributed by atoms with Gasteiger partial charge in [-0.2, -0.15) is 0 Å². The molecule has 0 N–H and O–H groups in total. The van der Waals surface area contributed by atoms with Crippen LogP contribution in [0.4, 0.5) is 0 Å². The van der Waals surface area contributed by atoms with Gasteiger partial charge in [0.05, 0.1) is 0 Å². The normalized spacial score (nSPS) is 29.1. The predicted octanol–water partition coefficient (Wildman–Crippen LogP) is 1.04. The molecule has 1 aliphatic rings. The second kappa shape index (κ2) is 3.83. The molecule has 0 spiro atoms. The Morgan fingerprint density at radius 1 is 1.36 bits per heavy atom. The molecular formula is C11H15NO2. The minimum absolute atomic E-state index is 0.132. The lowest BCUT2D eigenvalue weighted by molar-refractivity contribution is -0.141. The summed E-state index contributed by atoms with van der Waals surface area (Å²) in [6.45, 7) is 5.42. The molecule has 1 aliphatic heterocycles. The second-order valence-corrected chi connectivity index (χ2v) is 3.71. The fourth-order valence-electron chi connectivity index (χ4n) is 1.66. The molecular weight excluding hydrogens is 178 g/mol. The van der Waals surface area contributed by atoms with E-state index in [9.17, 15) is 9.59 Å². The van der Waals surface area contributed by atoms with Crippen LogP contribution < -0.4 is 0 Å². The average Bonchev–Trinajstić information content (AvgIpc) is 2.37. The van der Waals surface area contributed by atoms with Gasteiger partial charge in [-0.3, -0.25) is 14.5 Å². The van der Waals surface area contributed by atoms with E-state index in [0.717, 1.165) is 0 Å². The van der Waals surface area contributed by atoms with Crippen molar-refractivity contribution in [2.24, 2.45) is 11.8 Å². The Balaban J connectivity index is 2.96. The molecule has 1 fully saturated rings. The van der Waals surface area contributed by atoms with Gasteiger partial charge in [-0.05, 0) is 6.42 Å². The second-order valence-electron chi connectivity index (χ2n) is 3.71. The molecule has 0 radical (unpaired) electrons. The molecule has 0 saturated carbocycles. The van der Waals surface area contributed by atoms with Gasteiger partial charge in [0, 0.05) is 11.8 Å². The molecule has 3 heteroatoms. The minimum Gasteiger partial charge on any atom is -0.274 e. The number of nitrogens with zero attached hydrogens (tertiary/aromatic N) is 1. The SMILES string of the molecule is C#CC(CC)N1C(=O)C(C)C(C)C1=O. The Kier molecular flexibility index (Phi) is 2.95. The van der Waals surface area contributed by atoms with Crippen LogP contribution in [0.1, 0.15) is 27.2 Å². The number of carbonyl (C=O) groups excluding carboxylic acids is 2. The third-order valence-electron chi connectivity index (χ3n) is 2.89. The van der Waals surface area contributed by atoms with Crippen molar-refractivity contribution in [3.8, 4) is 12.3 Å². The van der Waals surface area contributed by atoms with Gasteiger partial charge in [-0.1, -0.05) is 26.7 Å². The lowest BCUT2D eigenvalue weighted by atomic mass is 10.00. The van der Waals surface area contributed by atoms with E-state index < -0.39 is 0 Å². The Morgan fingerprint density at radius 3 is 2.07 bits per heavy atom. The molecule has 0 aromatic heterocycles. The highest BCUT2D eigenvalue weighted by molar-refractivity contribution is 6.05. The molecule has 3 unspecified atom stereocenters. The maximum atomic E-state index is 11.7. The summed E-state index contributed by atoms with van der Waals surface area (Å²) >= 11 is 0. The number of hydrogen-bond acceptors (Lipinski definition) is 2. The monoisotopic (exact) mass is 193 g/mol. The van der Waals surface area contributed by atoms with Crippen LogP contribution in [-0.4, -0.2) is 22.8 Å². The van der Waals surface area contributed by atoms with Crippen LogP contribution in [0, 0.1) is 24.2 Å². The first-order valence-electron chi connectivity index (χ1n) is 4.87. The summed E-state index contributed by atoms with van der Waals surface area (Å²) in [7, 11) is 0. The Bertz CT molecular complexity index is 283. The zero-order valence-corrected chi connectivity index (χ0v) is 8.78. The van der Waals surface area contributed by atoms with Crippen molar-refractivity contribution in [3.63, 3.8) is 0 Å². The molecule has 0 bridgehead atoms. The summed E-state index contributed by atoms with van der Waals surface area (Å²) < 4.78 is 0. The van der Waals surface area contributed by atoms with Crippen molar-refractivity contribution in [1.29, 1.82) is 0 Å². The van der Waals surface area contributed by atoms with E-state index in [1.807, 2.05) is 6.92 Å². The Morgan fingerprint density at radius 2 is 1.79 bits per heavy atom. The maximum absolute atomic E-state index is 11.7. The third-order valence-corrected chi connectivity index (χ3v) is 2.89. The molecule has 14 heavy (non-hydrogen) atoms. The first kappa shape index (κ1) is 10.8. The smallest absolute Gasteiger partial charge is 0.233 e. The lowest BCUT2D eigenvalue weighted by Crippen LogP contribution is -2.39. The van der Waals surface area contributed by atoms with Gasteiger partial charge >= 0.3 is 0 Å². The fourth-order valence-corrected chi connectivity index (χ4v) is 1.66. The van der Waals surface area contributed by atoms with Gasteiger partial charge in [0.25, 0.3) is 0 Å². The average molecular weight is 193 g/mol. The van der Waals surface area contributed by atoms with Gasteiger partial charge in [0.2, 0.25) is 11.8 Å². The molecule has 0 aromatic carbocycles. The van der Waals surface area contributed by atoms with Crippen molar-refractivity contribution >= 4 is 11.8 Å². The summed E-state index contributed by atoms with van der Waals surface area (Å²) in [5, 5.41) is 0. The summed E-state index contributed by atoms with van der Waals surface area (Å²) in [5.74, 6) is 1.75. The Hall–Kier alpha value is -1.30. The number of terminal acetylenes is 1. The topological polar surface area (TPSA) is 37.4 Å². The molecule has 2 amide bonds. The van der Waals surface area contributed by atoms with Crippen molar-refractivity contribution < 1.29 is 9.59 Å². The van der Waals surface area contributed by atoms with E-state index in [-0.39, 0.29) is 29.7 Å². The van der Waals surface area contributed by atoms with E-state index in [4.69, 9.17) is 6.42 Å². The minimum atomic E-state index is -0.373. The zero-order chi connectivity index (χ0) is 10.9. The van der Waals surface area contributed by atoms with Crippen LogP contribution in [0.2, 0.25) is 0 Å². The molecule has 0 aliphatic carbocycles. The van der Waals surface area contributed by atoms with Crippen LogP contribution in [0.15, 0.2) is 0 Å². The van der Waals surface area contributed by atoms with E-state index in [1.165, 1.54) is 4.90 Å². The number of carbonyl (C=O) groups is 2. The van der Waals surface area contributed by atoms with E-state index in [2.05, 4.69) is 5.92 Å². The van der Waals surface area contributed by atoms with Crippen molar-refractivity contribution in [2.45, 2.75) is 33.2 Å².